The number of ether oxygens (including phenoxy) is 2. The van der Waals surface area contributed by atoms with Crippen LogP contribution in [0.15, 0.2) is 47.4 Å². The summed E-state index contributed by atoms with van der Waals surface area (Å²) in [6.45, 7) is 5.04. The first-order chi connectivity index (χ1) is 16.3. The molecular formula is C26H30N2O4S2. The molecule has 0 saturated carbocycles. The number of rotatable bonds is 10. The van der Waals surface area contributed by atoms with E-state index in [1.807, 2.05) is 36.4 Å². The van der Waals surface area contributed by atoms with Crippen molar-refractivity contribution in [3.8, 4) is 11.5 Å². The summed E-state index contributed by atoms with van der Waals surface area (Å²) in [6.07, 6.45) is 2.70. The zero-order valence-corrected chi connectivity index (χ0v) is 21.6. The minimum atomic E-state index is -0.152. The van der Waals surface area contributed by atoms with Crippen LogP contribution in [0.1, 0.15) is 42.9 Å². The number of nitrogens with one attached hydrogen (secondary N) is 1. The predicted molar refractivity (Wildman–Crippen MR) is 141 cm³/mol. The first-order valence-electron chi connectivity index (χ1n) is 11.1. The van der Waals surface area contributed by atoms with Crippen molar-refractivity contribution in [1.82, 2.24) is 10.2 Å². The van der Waals surface area contributed by atoms with Gasteiger partial charge in [0.1, 0.15) is 4.32 Å². The van der Waals surface area contributed by atoms with E-state index < -0.39 is 0 Å². The van der Waals surface area contributed by atoms with E-state index in [-0.39, 0.29) is 24.8 Å². The van der Waals surface area contributed by atoms with E-state index in [4.69, 9.17) is 21.7 Å². The molecule has 0 aromatic heterocycles. The fourth-order valence-electron chi connectivity index (χ4n) is 3.51. The van der Waals surface area contributed by atoms with Crippen LogP contribution < -0.4 is 14.8 Å². The zero-order chi connectivity index (χ0) is 24.7. The normalized spacial score (nSPS) is 14.7. The number of nitrogens with zero attached hydrogens (tertiary/aromatic N) is 1. The standard InChI is InChI=1S/C26H30N2O4S2/c1-17(2)20-8-5-18(6-9-20)16-23-25(30)28(26(33)34-23)14-12-24(29)27-13-11-19-7-10-21(31-3)22(15-19)32-4/h5-10,15-17H,11-14H2,1-4H3,(H,27,29). The number of carbonyl (C=O) groups excluding carboxylic acids is 2. The molecule has 6 nitrogen and oxygen atoms in total. The maximum absolute atomic E-state index is 12.8. The highest BCUT2D eigenvalue weighted by molar-refractivity contribution is 8.26. The van der Waals surface area contributed by atoms with Crippen LogP contribution in [0.4, 0.5) is 0 Å². The summed E-state index contributed by atoms with van der Waals surface area (Å²) in [5.41, 5.74) is 3.24. The monoisotopic (exact) mass is 498 g/mol. The minimum Gasteiger partial charge on any atom is -0.493 e. The molecule has 3 rings (SSSR count). The van der Waals surface area contributed by atoms with Crippen molar-refractivity contribution in [2.45, 2.75) is 32.6 Å². The van der Waals surface area contributed by atoms with E-state index in [9.17, 15) is 9.59 Å². The molecule has 1 N–H and O–H groups in total. The Morgan fingerprint density at radius 1 is 1.12 bits per heavy atom. The summed E-state index contributed by atoms with van der Waals surface area (Å²) >= 11 is 6.66. The lowest BCUT2D eigenvalue weighted by Gasteiger charge is -2.14. The molecule has 0 atom stereocenters. The van der Waals surface area contributed by atoms with Gasteiger partial charge in [0.15, 0.2) is 11.5 Å². The molecule has 1 fully saturated rings. The number of hydrogen-bond acceptors (Lipinski definition) is 6. The first-order valence-corrected chi connectivity index (χ1v) is 12.4. The van der Waals surface area contributed by atoms with Crippen LogP contribution in [0.2, 0.25) is 0 Å². The van der Waals surface area contributed by atoms with Crippen LogP contribution in [-0.4, -0.2) is 48.3 Å². The van der Waals surface area contributed by atoms with Gasteiger partial charge in [0, 0.05) is 19.5 Å². The fraction of sp³-hybridized carbons (Fsp3) is 0.346. The summed E-state index contributed by atoms with van der Waals surface area (Å²) in [5.74, 6) is 1.51. The third-order valence-electron chi connectivity index (χ3n) is 5.52. The largest absolute Gasteiger partial charge is 0.493 e. The highest BCUT2D eigenvalue weighted by Gasteiger charge is 2.32. The highest BCUT2D eigenvalue weighted by atomic mass is 32.2. The first kappa shape index (κ1) is 25.8. The van der Waals surface area contributed by atoms with E-state index in [0.717, 1.165) is 11.1 Å². The number of benzene rings is 2. The topological polar surface area (TPSA) is 67.9 Å². The third kappa shape index (κ3) is 6.61. The van der Waals surface area contributed by atoms with Gasteiger partial charge >= 0.3 is 0 Å². The van der Waals surface area contributed by atoms with Gasteiger partial charge in [-0.25, -0.2) is 0 Å². The van der Waals surface area contributed by atoms with Crippen LogP contribution in [0.3, 0.4) is 0 Å². The van der Waals surface area contributed by atoms with E-state index in [2.05, 4.69) is 31.3 Å². The average Bonchev–Trinajstić information content (AvgIpc) is 3.09. The van der Waals surface area contributed by atoms with Gasteiger partial charge in [0.2, 0.25) is 5.91 Å². The smallest absolute Gasteiger partial charge is 0.266 e. The van der Waals surface area contributed by atoms with Crippen LogP contribution in [-0.2, 0) is 16.0 Å². The highest BCUT2D eigenvalue weighted by Crippen LogP contribution is 2.33. The number of hydrogen-bond donors (Lipinski definition) is 1. The molecule has 1 aliphatic heterocycles. The molecule has 0 radical (unpaired) electrons. The maximum atomic E-state index is 12.8. The molecule has 0 spiro atoms. The quantitative estimate of drug-likeness (QED) is 0.376. The van der Waals surface area contributed by atoms with E-state index in [0.29, 0.717) is 39.6 Å². The fourth-order valence-corrected chi connectivity index (χ4v) is 4.81. The second-order valence-electron chi connectivity index (χ2n) is 8.19. The Labute approximate surface area is 210 Å². The van der Waals surface area contributed by atoms with Crippen molar-refractivity contribution in [3.05, 3.63) is 64.1 Å². The summed E-state index contributed by atoms with van der Waals surface area (Å²) < 4.78 is 11.0. The second-order valence-corrected chi connectivity index (χ2v) is 9.87. The Balaban J connectivity index is 1.48. The molecule has 1 heterocycles. The lowest BCUT2D eigenvalue weighted by atomic mass is 10.0. The minimum absolute atomic E-state index is 0.122. The predicted octanol–water partition coefficient (Wildman–Crippen LogP) is 4.78. The Hall–Kier alpha value is -2.84. The Morgan fingerprint density at radius 2 is 1.82 bits per heavy atom. The van der Waals surface area contributed by atoms with Crippen molar-refractivity contribution >= 4 is 46.2 Å². The third-order valence-corrected chi connectivity index (χ3v) is 6.90. The average molecular weight is 499 g/mol. The summed E-state index contributed by atoms with van der Waals surface area (Å²) in [7, 11) is 3.19. The van der Waals surface area contributed by atoms with E-state index in [1.54, 1.807) is 14.2 Å². The summed E-state index contributed by atoms with van der Waals surface area (Å²) in [5, 5.41) is 2.90. The van der Waals surface area contributed by atoms with Gasteiger partial charge in [-0.05, 0) is 47.2 Å². The summed E-state index contributed by atoms with van der Waals surface area (Å²) in [4.78, 5) is 27.2. The molecule has 34 heavy (non-hydrogen) atoms. The van der Waals surface area contributed by atoms with Crippen LogP contribution in [0, 0.1) is 0 Å². The summed E-state index contributed by atoms with van der Waals surface area (Å²) in [6, 6.07) is 13.8. The molecule has 0 bridgehead atoms. The molecule has 0 aliphatic carbocycles. The second kappa shape index (κ2) is 12.0. The molecule has 1 aliphatic rings. The van der Waals surface area contributed by atoms with Crippen LogP contribution >= 0.6 is 24.0 Å². The number of thiocarbonyl (C=S) groups is 1. The van der Waals surface area contributed by atoms with Gasteiger partial charge in [0.05, 0.1) is 19.1 Å². The van der Waals surface area contributed by atoms with Crippen LogP contribution in [0.25, 0.3) is 6.08 Å². The molecule has 0 unspecified atom stereocenters. The van der Waals surface area contributed by atoms with Crippen molar-refractivity contribution in [3.63, 3.8) is 0 Å². The van der Waals surface area contributed by atoms with Gasteiger partial charge in [-0.1, -0.05) is 68.2 Å². The van der Waals surface area contributed by atoms with Crippen molar-refractivity contribution < 1.29 is 19.1 Å². The zero-order valence-electron chi connectivity index (χ0n) is 19.9. The van der Waals surface area contributed by atoms with E-state index in [1.165, 1.54) is 22.2 Å². The number of methoxy groups -OCH3 is 2. The molecule has 2 aromatic carbocycles. The van der Waals surface area contributed by atoms with Crippen molar-refractivity contribution in [2.75, 3.05) is 27.3 Å². The maximum Gasteiger partial charge on any atom is 0.266 e. The lowest BCUT2D eigenvalue weighted by Crippen LogP contribution is -2.34. The lowest BCUT2D eigenvalue weighted by molar-refractivity contribution is -0.123. The van der Waals surface area contributed by atoms with Crippen LogP contribution in [0.5, 0.6) is 11.5 Å². The SMILES string of the molecule is COc1ccc(CCNC(=O)CCN2C(=O)C(=Cc3ccc(C(C)C)cc3)SC2=S)cc1OC. The number of carbonyl (C=O) groups is 2. The number of thioether (sulfide) groups is 1. The molecule has 1 saturated heterocycles. The molecule has 180 valence electrons. The Morgan fingerprint density at radius 3 is 2.47 bits per heavy atom. The van der Waals surface area contributed by atoms with Gasteiger partial charge in [-0.2, -0.15) is 0 Å². The number of amides is 2. The molecule has 2 aromatic rings. The van der Waals surface area contributed by atoms with Crippen molar-refractivity contribution in [2.24, 2.45) is 0 Å². The molecular weight excluding hydrogens is 468 g/mol. The molecule has 8 heteroatoms. The Bertz CT molecular complexity index is 1080. The Kier molecular flexibility index (Phi) is 9.12. The van der Waals surface area contributed by atoms with Gasteiger partial charge < -0.3 is 14.8 Å². The van der Waals surface area contributed by atoms with E-state index >= 15 is 0 Å². The van der Waals surface area contributed by atoms with Crippen molar-refractivity contribution in [1.29, 1.82) is 0 Å². The molecule has 2 amide bonds. The van der Waals surface area contributed by atoms with Gasteiger partial charge in [0.25, 0.3) is 5.91 Å². The van der Waals surface area contributed by atoms with Gasteiger partial charge in [-0.3, -0.25) is 14.5 Å². The van der Waals surface area contributed by atoms with Gasteiger partial charge in [-0.15, -0.1) is 0 Å².